The van der Waals surface area contributed by atoms with E-state index in [1.54, 1.807) is 6.92 Å². The second kappa shape index (κ2) is 11.2. The summed E-state index contributed by atoms with van der Waals surface area (Å²) in [5.41, 5.74) is 5.90. The molecule has 0 saturated heterocycles. The molecule has 10 nitrogen and oxygen atoms in total. The lowest BCUT2D eigenvalue weighted by atomic mass is 9.91. The number of H-pyrrole nitrogens is 1. The van der Waals surface area contributed by atoms with Crippen molar-refractivity contribution in [2.75, 3.05) is 0 Å². The average Bonchev–Trinajstić information content (AvgIpc) is 3.10. The molecule has 0 bridgehead atoms. The van der Waals surface area contributed by atoms with Crippen molar-refractivity contribution in [1.82, 2.24) is 15.3 Å². The minimum Gasteiger partial charge on any atom is -0.481 e. The minimum atomic E-state index is -1.09. The summed E-state index contributed by atoms with van der Waals surface area (Å²) in [6.45, 7) is 3.24. The summed E-state index contributed by atoms with van der Waals surface area (Å²) in [6.07, 6.45) is 1.92. The first kappa shape index (κ1) is 23.3. The van der Waals surface area contributed by atoms with Gasteiger partial charge in [-0.15, -0.1) is 0 Å². The molecule has 2 amide bonds. The Balaban J connectivity index is 2.92. The Hall–Kier alpha value is -2.75. The number of amides is 2. The number of primary amides is 1. The second-order valence-corrected chi connectivity index (χ2v) is 6.80. The monoisotopic (exact) mass is 396 g/mol. The van der Waals surface area contributed by atoms with Crippen LogP contribution in [-0.4, -0.2) is 55.9 Å². The fourth-order valence-electron chi connectivity index (χ4n) is 2.91. The molecule has 0 aromatic carbocycles. The van der Waals surface area contributed by atoms with Gasteiger partial charge < -0.3 is 26.2 Å². The molecule has 0 aliphatic carbocycles. The van der Waals surface area contributed by atoms with E-state index in [0.29, 0.717) is 12.1 Å². The van der Waals surface area contributed by atoms with Gasteiger partial charge in [-0.3, -0.25) is 19.2 Å². The number of aliphatic hydroxyl groups is 1. The number of aromatic amines is 1. The van der Waals surface area contributed by atoms with E-state index >= 15 is 0 Å². The van der Waals surface area contributed by atoms with Gasteiger partial charge in [-0.05, 0) is 19.8 Å². The summed E-state index contributed by atoms with van der Waals surface area (Å²) >= 11 is 0. The van der Waals surface area contributed by atoms with Gasteiger partial charge in [-0.2, -0.15) is 0 Å². The number of hydrogen-bond acceptors (Lipinski definition) is 6. The molecule has 4 atom stereocenters. The smallest absolute Gasteiger partial charge is 0.303 e. The molecule has 1 aromatic rings. The fraction of sp³-hybridized carbons (Fsp3) is 0.611. The van der Waals surface area contributed by atoms with Gasteiger partial charge in [0.05, 0.1) is 24.4 Å². The molecule has 6 N–H and O–H groups in total. The molecule has 156 valence electrons. The van der Waals surface area contributed by atoms with Gasteiger partial charge in [0.15, 0.2) is 5.78 Å². The normalized spacial score (nSPS) is 15.2. The first-order valence-corrected chi connectivity index (χ1v) is 9.15. The fourth-order valence-corrected chi connectivity index (χ4v) is 2.91. The van der Waals surface area contributed by atoms with E-state index in [0.717, 1.165) is 0 Å². The summed E-state index contributed by atoms with van der Waals surface area (Å²) in [4.78, 5) is 54.3. The summed E-state index contributed by atoms with van der Waals surface area (Å²) in [7, 11) is 0. The molecule has 0 aliphatic rings. The molecule has 1 rings (SSSR count). The number of aromatic nitrogens is 2. The number of carboxylic acids is 1. The van der Waals surface area contributed by atoms with Crippen molar-refractivity contribution in [2.45, 2.75) is 58.1 Å². The van der Waals surface area contributed by atoms with Crippen molar-refractivity contribution in [1.29, 1.82) is 0 Å². The van der Waals surface area contributed by atoms with Gasteiger partial charge in [0.2, 0.25) is 11.8 Å². The van der Waals surface area contributed by atoms with E-state index in [1.807, 2.05) is 0 Å². The molecule has 0 spiro atoms. The number of hydrogen-bond donors (Lipinski definition) is 5. The topological polar surface area (TPSA) is 175 Å². The molecule has 0 fully saturated rings. The molecule has 0 radical (unpaired) electrons. The highest BCUT2D eigenvalue weighted by Gasteiger charge is 2.30. The molecule has 0 unspecified atom stereocenters. The van der Waals surface area contributed by atoms with Crippen LogP contribution in [0, 0.1) is 11.8 Å². The molecular weight excluding hydrogens is 368 g/mol. The Kier molecular flexibility index (Phi) is 9.29. The number of carbonyl (C=O) groups is 4. The number of Topliss-reactive ketones (excluding diaryl/α,β-unsaturated/α-hetero) is 1. The lowest BCUT2D eigenvalue weighted by Crippen LogP contribution is -2.47. The Morgan fingerprint density at radius 1 is 1.32 bits per heavy atom. The van der Waals surface area contributed by atoms with Gasteiger partial charge in [0.1, 0.15) is 0 Å². The van der Waals surface area contributed by atoms with Crippen LogP contribution in [0.3, 0.4) is 0 Å². The lowest BCUT2D eigenvalue weighted by molar-refractivity contribution is -0.138. The zero-order valence-electron chi connectivity index (χ0n) is 16.1. The number of aliphatic carboxylic acids is 1. The van der Waals surface area contributed by atoms with Gasteiger partial charge in [0.25, 0.3) is 0 Å². The van der Waals surface area contributed by atoms with Crippen molar-refractivity contribution < 1.29 is 29.4 Å². The van der Waals surface area contributed by atoms with Crippen molar-refractivity contribution in [3.8, 4) is 0 Å². The lowest BCUT2D eigenvalue weighted by Gasteiger charge is -2.23. The third-order valence-corrected chi connectivity index (χ3v) is 4.60. The van der Waals surface area contributed by atoms with Crippen LogP contribution in [0.15, 0.2) is 12.5 Å². The van der Waals surface area contributed by atoms with Crippen LogP contribution < -0.4 is 11.1 Å². The van der Waals surface area contributed by atoms with Gasteiger partial charge in [0, 0.05) is 37.1 Å². The number of aliphatic hydroxyl groups excluding tert-OH is 1. The van der Waals surface area contributed by atoms with Crippen molar-refractivity contribution in [2.24, 2.45) is 17.6 Å². The molecule has 10 heteroatoms. The summed E-state index contributed by atoms with van der Waals surface area (Å²) < 4.78 is 0. The molecule has 0 aliphatic heterocycles. The number of carbonyl (C=O) groups excluding carboxylic acids is 3. The largest absolute Gasteiger partial charge is 0.481 e. The van der Waals surface area contributed by atoms with Crippen molar-refractivity contribution in [3.05, 3.63) is 18.2 Å². The number of imidazole rings is 1. The van der Waals surface area contributed by atoms with Gasteiger partial charge in [-0.25, -0.2) is 4.98 Å². The highest BCUT2D eigenvalue weighted by atomic mass is 16.4. The van der Waals surface area contributed by atoms with E-state index < -0.39 is 47.5 Å². The maximum Gasteiger partial charge on any atom is 0.303 e. The number of nitrogens with one attached hydrogen (secondary N) is 2. The van der Waals surface area contributed by atoms with Crippen LogP contribution in [0.4, 0.5) is 0 Å². The minimum absolute atomic E-state index is 0.0631. The Morgan fingerprint density at radius 2 is 2.00 bits per heavy atom. The van der Waals surface area contributed by atoms with Crippen LogP contribution in [0.2, 0.25) is 0 Å². The first-order valence-electron chi connectivity index (χ1n) is 9.15. The van der Waals surface area contributed by atoms with E-state index in [1.165, 1.54) is 19.4 Å². The number of nitrogens with two attached hydrogens (primary N) is 1. The Labute approximate surface area is 162 Å². The summed E-state index contributed by atoms with van der Waals surface area (Å²) in [5.74, 6) is -4.41. The third-order valence-electron chi connectivity index (χ3n) is 4.60. The molecule has 28 heavy (non-hydrogen) atoms. The number of ketones is 1. The first-order chi connectivity index (χ1) is 13.1. The number of nitrogens with zero attached hydrogens (tertiary/aromatic N) is 1. The van der Waals surface area contributed by atoms with Crippen LogP contribution in [0.25, 0.3) is 0 Å². The van der Waals surface area contributed by atoms with Crippen LogP contribution in [0.1, 0.15) is 45.2 Å². The Bertz CT molecular complexity index is 674. The van der Waals surface area contributed by atoms with Crippen LogP contribution in [-0.2, 0) is 25.6 Å². The predicted molar refractivity (Wildman–Crippen MR) is 98.9 cm³/mol. The second-order valence-electron chi connectivity index (χ2n) is 6.80. The maximum absolute atomic E-state index is 12.8. The van der Waals surface area contributed by atoms with Gasteiger partial charge in [-0.1, -0.05) is 6.92 Å². The average molecular weight is 396 g/mol. The van der Waals surface area contributed by atoms with Gasteiger partial charge >= 0.3 is 5.97 Å². The van der Waals surface area contributed by atoms with E-state index in [4.69, 9.17) is 10.8 Å². The predicted octanol–water partition coefficient (Wildman–Crippen LogP) is -0.230. The van der Waals surface area contributed by atoms with Crippen LogP contribution in [0.5, 0.6) is 0 Å². The molecule has 1 heterocycles. The summed E-state index contributed by atoms with van der Waals surface area (Å²) in [5, 5.41) is 21.2. The highest BCUT2D eigenvalue weighted by molar-refractivity contribution is 5.93. The van der Waals surface area contributed by atoms with E-state index in [2.05, 4.69) is 15.3 Å². The maximum atomic E-state index is 12.8. The van der Waals surface area contributed by atoms with Crippen LogP contribution >= 0.6 is 0 Å². The van der Waals surface area contributed by atoms with Crippen molar-refractivity contribution >= 4 is 23.6 Å². The molecule has 0 saturated carbocycles. The quantitative estimate of drug-likeness (QED) is 0.306. The molecular formula is C18H28N4O6. The summed E-state index contributed by atoms with van der Waals surface area (Å²) in [6, 6.07) is -0.965. The van der Waals surface area contributed by atoms with E-state index in [9.17, 15) is 24.3 Å². The zero-order chi connectivity index (χ0) is 21.3. The number of carboxylic acid groups (broad SMARTS) is 1. The Morgan fingerprint density at radius 3 is 2.46 bits per heavy atom. The SMILES string of the molecule is CC[C@@H](C(=O)N[C@H](Cc1cnc[nH]1)C(=O)C[C@H](CCC(=O)O)C(N)=O)[C@H](C)O. The standard InChI is InChI=1S/C18H28N4O6/c1-3-13(10(2)23)18(28)22-14(7-12-8-20-9-21-12)15(24)6-11(17(19)27)4-5-16(25)26/h8-11,13-14,23H,3-7H2,1-2H3,(H2,19,27)(H,20,21)(H,22,28)(H,25,26)/t10-,11-,13+,14+/m0/s1. The zero-order valence-corrected chi connectivity index (χ0v) is 16.1. The third kappa shape index (κ3) is 7.47. The highest BCUT2D eigenvalue weighted by Crippen LogP contribution is 2.16. The van der Waals surface area contributed by atoms with E-state index in [-0.39, 0.29) is 25.7 Å². The molecule has 1 aromatic heterocycles. The number of rotatable bonds is 13. The van der Waals surface area contributed by atoms with Crippen molar-refractivity contribution in [3.63, 3.8) is 0 Å².